The smallest absolute Gasteiger partial charge is 0.271 e. The third kappa shape index (κ3) is 4.07. The molecule has 1 atom stereocenters. The molecule has 1 aromatic rings. The van der Waals surface area contributed by atoms with Crippen molar-refractivity contribution in [2.24, 2.45) is 5.92 Å². The highest BCUT2D eigenvalue weighted by atomic mass is 16.3. The van der Waals surface area contributed by atoms with Crippen molar-refractivity contribution in [3.8, 4) is 6.07 Å². The van der Waals surface area contributed by atoms with Gasteiger partial charge in [-0.25, -0.2) is 0 Å². The molecule has 8 heteroatoms. The molecule has 8 nitrogen and oxygen atoms in total. The number of anilines is 1. The second kappa shape index (κ2) is 7.25. The Morgan fingerprint density at radius 3 is 2.85 bits per heavy atom. The number of H-pyrrole nitrogens is 1. The molecule has 0 radical (unpaired) electrons. The van der Waals surface area contributed by atoms with Gasteiger partial charge in [0.25, 0.3) is 11.8 Å². The maximum Gasteiger partial charge on any atom is 0.271 e. The third-order valence-electron chi connectivity index (χ3n) is 2.55. The Morgan fingerprint density at radius 2 is 2.25 bits per heavy atom. The number of amides is 2. The molecule has 0 aliphatic rings. The van der Waals surface area contributed by atoms with Crippen LogP contribution in [0.5, 0.6) is 0 Å². The lowest BCUT2D eigenvalue weighted by molar-refractivity contribution is -0.125. The molecule has 0 fully saturated rings. The lowest BCUT2D eigenvalue weighted by Crippen LogP contribution is -2.33. The number of rotatable bonds is 6. The number of nitrogens with one attached hydrogen (secondary N) is 3. The van der Waals surface area contributed by atoms with Crippen molar-refractivity contribution in [1.82, 2.24) is 15.5 Å². The van der Waals surface area contributed by atoms with Crippen LogP contribution in [-0.4, -0.2) is 39.8 Å². The molecule has 1 heterocycles. The van der Waals surface area contributed by atoms with Crippen LogP contribution < -0.4 is 10.6 Å². The van der Waals surface area contributed by atoms with Gasteiger partial charge in [-0.1, -0.05) is 13.8 Å². The van der Waals surface area contributed by atoms with E-state index in [1.165, 1.54) is 6.20 Å². The van der Waals surface area contributed by atoms with Gasteiger partial charge >= 0.3 is 0 Å². The molecule has 1 aromatic heterocycles. The fraction of sp³-hybridized carbons (Fsp3) is 0.500. The first-order valence-corrected chi connectivity index (χ1v) is 6.14. The summed E-state index contributed by atoms with van der Waals surface area (Å²) < 4.78 is 0. The maximum atomic E-state index is 11.8. The molecule has 0 saturated heterocycles. The Bertz CT molecular complexity index is 517. The van der Waals surface area contributed by atoms with Crippen molar-refractivity contribution >= 4 is 17.5 Å². The Hall–Kier alpha value is -2.40. The molecule has 2 amide bonds. The first-order chi connectivity index (χ1) is 9.47. The van der Waals surface area contributed by atoms with Gasteiger partial charge in [0.15, 0.2) is 0 Å². The molecule has 0 spiro atoms. The van der Waals surface area contributed by atoms with Crippen LogP contribution in [0, 0.1) is 17.2 Å². The molecule has 0 saturated carbocycles. The van der Waals surface area contributed by atoms with E-state index in [0.717, 1.165) is 0 Å². The van der Waals surface area contributed by atoms with Gasteiger partial charge in [-0.2, -0.15) is 10.4 Å². The SMILES string of the molecule is CC(C)C(O)C(=O)Nc1cn[nH]c1C(=O)NCCC#N. The van der Waals surface area contributed by atoms with Crippen molar-refractivity contribution in [3.05, 3.63) is 11.9 Å². The van der Waals surface area contributed by atoms with Gasteiger partial charge in [0, 0.05) is 6.54 Å². The van der Waals surface area contributed by atoms with Gasteiger partial charge in [-0.15, -0.1) is 0 Å². The minimum Gasteiger partial charge on any atom is -0.383 e. The molecule has 1 unspecified atom stereocenters. The number of hydrogen-bond acceptors (Lipinski definition) is 5. The molecule has 20 heavy (non-hydrogen) atoms. The summed E-state index contributed by atoms with van der Waals surface area (Å²) in [5.41, 5.74) is 0.261. The molecule has 0 aliphatic carbocycles. The Labute approximate surface area is 116 Å². The number of nitrogens with zero attached hydrogens (tertiary/aromatic N) is 2. The standard InChI is InChI=1S/C12H17N5O3/c1-7(2)10(18)12(20)16-8-6-15-17-9(8)11(19)14-5-3-4-13/h6-7,10,18H,3,5H2,1-2H3,(H,14,19)(H,15,17)(H,16,20). The van der Waals surface area contributed by atoms with Crippen molar-refractivity contribution in [1.29, 1.82) is 5.26 Å². The Kier molecular flexibility index (Phi) is 5.68. The Balaban J connectivity index is 2.70. The fourth-order valence-electron chi connectivity index (χ4n) is 1.38. The van der Waals surface area contributed by atoms with Crippen LogP contribution in [-0.2, 0) is 4.79 Å². The predicted octanol–water partition coefficient (Wildman–Crippen LogP) is 0.00858. The number of nitriles is 1. The lowest BCUT2D eigenvalue weighted by Gasteiger charge is -2.14. The number of hydrogen-bond donors (Lipinski definition) is 4. The summed E-state index contributed by atoms with van der Waals surface area (Å²) in [6, 6.07) is 1.90. The predicted molar refractivity (Wildman–Crippen MR) is 70.6 cm³/mol. The molecule has 0 aromatic carbocycles. The van der Waals surface area contributed by atoms with Crippen molar-refractivity contribution < 1.29 is 14.7 Å². The van der Waals surface area contributed by atoms with E-state index in [2.05, 4.69) is 20.8 Å². The topological polar surface area (TPSA) is 131 Å². The lowest BCUT2D eigenvalue weighted by atomic mass is 10.1. The minimum atomic E-state index is -1.17. The van der Waals surface area contributed by atoms with E-state index in [9.17, 15) is 14.7 Å². The van der Waals surface area contributed by atoms with Gasteiger partial charge < -0.3 is 15.7 Å². The second-order valence-corrected chi connectivity index (χ2v) is 4.50. The van der Waals surface area contributed by atoms with Gasteiger partial charge in [0.2, 0.25) is 0 Å². The monoisotopic (exact) mass is 279 g/mol. The van der Waals surface area contributed by atoms with E-state index < -0.39 is 17.9 Å². The number of aliphatic hydroxyl groups is 1. The third-order valence-corrected chi connectivity index (χ3v) is 2.55. The van der Waals surface area contributed by atoms with E-state index in [1.807, 2.05) is 6.07 Å². The zero-order chi connectivity index (χ0) is 15.1. The molecule has 0 bridgehead atoms. The highest BCUT2D eigenvalue weighted by Crippen LogP contribution is 2.13. The first-order valence-electron chi connectivity index (χ1n) is 6.14. The maximum absolute atomic E-state index is 11.8. The van der Waals surface area contributed by atoms with Crippen LogP contribution in [0.3, 0.4) is 0 Å². The summed E-state index contributed by atoms with van der Waals surface area (Å²) in [5, 5.41) is 29.1. The summed E-state index contributed by atoms with van der Waals surface area (Å²) in [6.07, 6.45) is 0.303. The number of aromatic amines is 1. The zero-order valence-corrected chi connectivity index (χ0v) is 11.3. The van der Waals surface area contributed by atoms with Gasteiger partial charge in [-0.3, -0.25) is 14.7 Å². The second-order valence-electron chi connectivity index (χ2n) is 4.50. The van der Waals surface area contributed by atoms with E-state index in [0.29, 0.717) is 0 Å². The molecule has 0 aliphatic heterocycles. The molecular formula is C12H17N5O3. The van der Waals surface area contributed by atoms with Crippen LogP contribution >= 0.6 is 0 Å². The number of carbonyl (C=O) groups excluding carboxylic acids is 2. The van der Waals surface area contributed by atoms with Gasteiger partial charge in [0.1, 0.15) is 11.8 Å². The van der Waals surface area contributed by atoms with Crippen LogP contribution in [0.2, 0.25) is 0 Å². The zero-order valence-electron chi connectivity index (χ0n) is 11.3. The highest BCUT2D eigenvalue weighted by molar-refractivity contribution is 6.03. The van der Waals surface area contributed by atoms with E-state index in [1.54, 1.807) is 13.8 Å². The van der Waals surface area contributed by atoms with Crippen molar-refractivity contribution in [3.63, 3.8) is 0 Å². The van der Waals surface area contributed by atoms with Crippen molar-refractivity contribution in [2.75, 3.05) is 11.9 Å². The van der Waals surface area contributed by atoms with E-state index >= 15 is 0 Å². The number of aromatic nitrogens is 2. The number of aliphatic hydroxyl groups excluding tert-OH is 1. The minimum absolute atomic E-state index is 0.0762. The summed E-state index contributed by atoms with van der Waals surface area (Å²) in [5.74, 6) is -1.32. The largest absolute Gasteiger partial charge is 0.383 e. The highest BCUT2D eigenvalue weighted by Gasteiger charge is 2.22. The van der Waals surface area contributed by atoms with Crippen LogP contribution in [0.25, 0.3) is 0 Å². The normalized spacial score (nSPS) is 11.8. The summed E-state index contributed by atoms with van der Waals surface area (Å²) in [6.45, 7) is 3.61. The Morgan fingerprint density at radius 1 is 1.55 bits per heavy atom. The number of carbonyl (C=O) groups is 2. The average molecular weight is 279 g/mol. The molecular weight excluding hydrogens is 262 g/mol. The first kappa shape index (κ1) is 15.7. The van der Waals surface area contributed by atoms with Gasteiger partial charge in [0.05, 0.1) is 24.4 Å². The summed E-state index contributed by atoms with van der Waals surface area (Å²) in [7, 11) is 0. The summed E-state index contributed by atoms with van der Waals surface area (Å²) >= 11 is 0. The van der Waals surface area contributed by atoms with Crippen molar-refractivity contribution in [2.45, 2.75) is 26.4 Å². The summed E-state index contributed by atoms with van der Waals surface area (Å²) in [4.78, 5) is 23.5. The van der Waals surface area contributed by atoms with Crippen LogP contribution in [0.15, 0.2) is 6.20 Å². The van der Waals surface area contributed by atoms with Crippen LogP contribution in [0.4, 0.5) is 5.69 Å². The van der Waals surface area contributed by atoms with E-state index in [4.69, 9.17) is 5.26 Å². The van der Waals surface area contributed by atoms with E-state index in [-0.39, 0.29) is 30.3 Å². The molecule has 1 rings (SSSR count). The quantitative estimate of drug-likeness (QED) is 0.545. The fourth-order valence-corrected chi connectivity index (χ4v) is 1.38. The molecule has 4 N–H and O–H groups in total. The molecule has 108 valence electrons. The van der Waals surface area contributed by atoms with Gasteiger partial charge in [-0.05, 0) is 5.92 Å². The average Bonchev–Trinajstić information content (AvgIpc) is 2.85. The van der Waals surface area contributed by atoms with Crippen LogP contribution in [0.1, 0.15) is 30.8 Å².